The molecule has 0 aliphatic carbocycles. The maximum atomic E-state index is 12.8. The zero-order valence-corrected chi connectivity index (χ0v) is 16.6. The number of esters is 1. The lowest BCUT2D eigenvalue weighted by Gasteiger charge is -2.33. The summed E-state index contributed by atoms with van der Waals surface area (Å²) in [6, 6.07) is 6.96. The molecule has 0 saturated carbocycles. The molecule has 1 fully saturated rings. The van der Waals surface area contributed by atoms with Crippen LogP contribution in [-0.2, 0) is 30.8 Å². The van der Waals surface area contributed by atoms with Gasteiger partial charge < -0.3 is 9.64 Å². The second-order valence-corrected chi connectivity index (χ2v) is 8.22. The molecule has 0 N–H and O–H groups in total. The minimum absolute atomic E-state index is 0.216. The molecule has 0 bridgehead atoms. The van der Waals surface area contributed by atoms with Crippen molar-refractivity contribution in [2.24, 2.45) is 0 Å². The summed E-state index contributed by atoms with van der Waals surface area (Å²) in [5.74, 6) is -0.896. The van der Waals surface area contributed by atoms with Gasteiger partial charge in [-0.15, -0.1) is 0 Å². The van der Waals surface area contributed by atoms with Gasteiger partial charge in [0, 0.05) is 32.3 Å². The first-order valence-electron chi connectivity index (χ1n) is 9.04. The molecule has 27 heavy (non-hydrogen) atoms. The molecule has 0 aromatic heterocycles. The van der Waals surface area contributed by atoms with Crippen LogP contribution in [0.5, 0.6) is 0 Å². The Balaban J connectivity index is 1.91. The molecule has 1 aliphatic rings. The number of hydrogen-bond donors (Lipinski definition) is 0. The predicted octanol–water partition coefficient (Wildman–Crippen LogP) is 1.59. The Morgan fingerprint density at radius 2 is 1.74 bits per heavy atom. The van der Waals surface area contributed by atoms with Crippen molar-refractivity contribution in [2.75, 3.05) is 32.8 Å². The van der Waals surface area contributed by atoms with E-state index in [1.807, 2.05) is 12.1 Å². The highest BCUT2D eigenvalue weighted by Crippen LogP contribution is 2.19. The maximum Gasteiger partial charge on any atom is 0.330 e. The molecule has 2 rings (SSSR count). The maximum absolute atomic E-state index is 12.8. The molecule has 0 atom stereocenters. The monoisotopic (exact) mass is 394 g/mol. The number of rotatable bonds is 7. The smallest absolute Gasteiger partial charge is 0.330 e. The largest absolute Gasteiger partial charge is 0.452 e. The molecule has 1 aromatic carbocycles. The van der Waals surface area contributed by atoms with Gasteiger partial charge >= 0.3 is 5.97 Å². The molecule has 1 amide bonds. The van der Waals surface area contributed by atoms with Gasteiger partial charge in [-0.1, -0.05) is 31.6 Å². The number of piperazine rings is 1. The molecule has 8 heteroatoms. The average molecular weight is 394 g/mol. The highest BCUT2D eigenvalue weighted by atomic mass is 32.2. The van der Waals surface area contributed by atoms with Crippen molar-refractivity contribution in [3.8, 4) is 0 Å². The Morgan fingerprint density at radius 1 is 1.11 bits per heavy atom. The van der Waals surface area contributed by atoms with Crippen molar-refractivity contribution in [3.05, 3.63) is 42.0 Å². The Morgan fingerprint density at radius 3 is 2.30 bits per heavy atom. The predicted molar refractivity (Wildman–Crippen MR) is 102 cm³/mol. The van der Waals surface area contributed by atoms with Gasteiger partial charge in [0.05, 0.1) is 4.90 Å². The van der Waals surface area contributed by atoms with Crippen LogP contribution in [0.1, 0.15) is 25.8 Å². The molecule has 0 spiro atoms. The molecular formula is C19H26N2O5S. The Hall–Kier alpha value is -2.19. The van der Waals surface area contributed by atoms with Gasteiger partial charge in [0.1, 0.15) is 0 Å². The van der Waals surface area contributed by atoms with Crippen LogP contribution in [0.2, 0.25) is 0 Å². The van der Waals surface area contributed by atoms with E-state index in [4.69, 9.17) is 4.74 Å². The van der Waals surface area contributed by atoms with E-state index in [0.29, 0.717) is 0 Å². The van der Waals surface area contributed by atoms with Crippen LogP contribution in [0.15, 0.2) is 41.3 Å². The van der Waals surface area contributed by atoms with Crippen LogP contribution in [0.4, 0.5) is 0 Å². The van der Waals surface area contributed by atoms with Crippen molar-refractivity contribution in [3.63, 3.8) is 0 Å². The third-order valence-corrected chi connectivity index (χ3v) is 6.24. The number of hydrogen-bond acceptors (Lipinski definition) is 5. The van der Waals surface area contributed by atoms with Gasteiger partial charge in [-0.2, -0.15) is 4.31 Å². The zero-order chi connectivity index (χ0) is 19.9. The van der Waals surface area contributed by atoms with Crippen molar-refractivity contribution in [2.45, 2.75) is 31.6 Å². The van der Waals surface area contributed by atoms with Crippen molar-refractivity contribution in [1.29, 1.82) is 0 Å². The number of benzene rings is 1. The fourth-order valence-electron chi connectivity index (χ4n) is 2.85. The molecule has 148 valence electrons. The minimum atomic E-state index is -3.58. The second-order valence-electron chi connectivity index (χ2n) is 6.29. The zero-order valence-electron chi connectivity index (χ0n) is 15.8. The number of aryl methyl sites for hydroxylation is 1. The van der Waals surface area contributed by atoms with E-state index in [1.165, 1.54) is 21.4 Å². The Kier molecular flexibility index (Phi) is 7.55. The van der Waals surface area contributed by atoms with E-state index < -0.39 is 16.0 Å². The van der Waals surface area contributed by atoms with Gasteiger partial charge in [0.2, 0.25) is 10.0 Å². The van der Waals surface area contributed by atoms with Gasteiger partial charge in [0.15, 0.2) is 6.61 Å². The number of carbonyl (C=O) groups excluding carboxylic acids is 2. The number of ether oxygens (including phenoxy) is 1. The van der Waals surface area contributed by atoms with Crippen LogP contribution in [0.25, 0.3) is 0 Å². The van der Waals surface area contributed by atoms with Crippen molar-refractivity contribution >= 4 is 21.9 Å². The summed E-state index contributed by atoms with van der Waals surface area (Å²) >= 11 is 0. The van der Waals surface area contributed by atoms with E-state index in [1.54, 1.807) is 19.1 Å². The molecule has 0 unspecified atom stereocenters. The summed E-state index contributed by atoms with van der Waals surface area (Å²) < 4.78 is 31.8. The summed E-state index contributed by atoms with van der Waals surface area (Å²) in [6.07, 6.45) is 4.70. The van der Waals surface area contributed by atoms with Gasteiger partial charge in [-0.3, -0.25) is 4.79 Å². The number of amides is 1. The normalized spacial score (nSPS) is 15.9. The van der Waals surface area contributed by atoms with Gasteiger partial charge in [-0.05, 0) is 31.0 Å². The lowest BCUT2D eigenvalue weighted by molar-refractivity contribution is -0.148. The van der Waals surface area contributed by atoms with E-state index in [2.05, 4.69) is 6.92 Å². The lowest BCUT2D eigenvalue weighted by atomic mass is 10.1. The standard InChI is InChI=1S/C19H26N2O5S/c1-3-5-16-7-9-17(10-8-16)27(24,25)21-13-11-20(12-14-21)18(22)15-26-19(23)6-4-2/h4,6-10H,3,5,11-15H2,1-2H3/b6-4+. The molecule has 1 aliphatic heterocycles. The summed E-state index contributed by atoms with van der Waals surface area (Å²) in [4.78, 5) is 25.1. The molecule has 0 radical (unpaired) electrons. The molecule has 7 nitrogen and oxygen atoms in total. The van der Waals surface area contributed by atoms with E-state index in [0.717, 1.165) is 18.4 Å². The summed E-state index contributed by atoms with van der Waals surface area (Å²) in [5, 5.41) is 0. The number of nitrogens with zero attached hydrogens (tertiary/aromatic N) is 2. The van der Waals surface area contributed by atoms with E-state index >= 15 is 0 Å². The third-order valence-electron chi connectivity index (χ3n) is 4.33. The van der Waals surface area contributed by atoms with Crippen molar-refractivity contribution < 1.29 is 22.7 Å². The second kappa shape index (κ2) is 9.66. The summed E-state index contributed by atoms with van der Waals surface area (Å²) in [7, 11) is -3.58. The third kappa shape index (κ3) is 5.64. The number of carbonyl (C=O) groups is 2. The highest BCUT2D eigenvalue weighted by molar-refractivity contribution is 7.89. The number of allylic oxidation sites excluding steroid dienone is 1. The minimum Gasteiger partial charge on any atom is -0.452 e. The van der Waals surface area contributed by atoms with Crippen LogP contribution in [-0.4, -0.2) is 62.3 Å². The average Bonchev–Trinajstić information content (AvgIpc) is 2.67. The fraction of sp³-hybridized carbons (Fsp3) is 0.474. The Bertz CT molecular complexity index is 779. The lowest BCUT2D eigenvalue weighted by Crippen LogP contribution is -2.51. The summed E-state index contributed by atoms with van der Waals surface area (Å²) in [5.41, 5.74) is 1.11. The number of sulfonamides is 1. The van der Waals surface area contributed by atoms with Gasteiger partial charge in [0.25, 0.3) is 5.91 Å². The Labute approximate surface area is 160 Å². The van der Waals surface area contributed by atoms with Crippen LogP contribution in [0, 0.1) is 0 Å². The van der Waals surface area contributed by atoms with Crippen molar-refractivity contribution in [1.82, 2.24) is 9.21 Å². The molecule has 1 aromatic rings. The first kappa shape index (κ1) is 21.1. The van der Waals surface area contributed by atoms with Crippen LogP contribution < -0.4 is 0 Å². The summed E-state index contributed by atoms with van der Waals surface area (Å²) in [6.45, 7) is 4.39. The van der Waals surface area contributed by atoms with Crippen LogP contribution >= 0.6 is 0 Å². The molecule has 1 saturated heterocycles. The van der Waals surface area contributed by atoms with Crippen LogP contribution in [0.3, 0.4) is 0 Å². The molecular weight excluding hydrogens is 368 g/mol. The highest BCUT2D eigenvalue weighted by Gasteiger charge is 2.30. The first-order valence-corrected chi connectivity index (χ1v) is 10.5. The molecule has 1 heterocycles. The van der Waals surface area contributed by atoms with E-state index in [-0.39, 0.29) is 43.6 Å². The van der Waals surface area contributed by atoms with E-state index in [9.17, 15) is 18.0 Å². The topological polar surface area (TPSA) is 84.0 Å². The first-order chi connectivity index (χ1) is 12.9. The fourth-order valence-corrected chi connectivity index (χ4v) is 4.27. The SMILES string of the molecule is C/C=C/C(=O)OCC(=O)N1CCN(S(=O)(=O)c2ccc(CCC)cc2)CC1. The van der Waals surface area contributed by atoms with Gasteiger partial charge in [-0.25, -0.2) is 13.2 Å². The quantitative estimate of drug-likeness (QED) is 0.518.